The molecule has 2 saturated heterocycles. The minimum absolute atomic E-state index is 0.225. The predicted octanol–water partition coefficient (Wildman–Crippen LogP) is 2.30. The monoisotopic (exact) mass is 289 g/mol. The number of piperidine rings is 1. The molecule has 1 N–H and O–H groups in total. The summed E-state index contributed by atoms with van der Waals surface area (Å²) in [6, 6.07) is 0.779. The molecule has 3 heterocycles. The van der Waals surface area contributed by atoms with Crippen LogP contribution in [-0.2, 0) is 18.4 Å². The van der Waals surface area contributed by atoms with E-state index in [1.54, 1.807) is 4.88 Å². The fraction of sp³-hybridized carbons (Fsp3) is 0.812. The van der Waals surface area contributed by atoms with Gasteiger partial charge in [0.1, 0.15) is 5.01 Å². The molecule has 4 heteroatoms. The number of aryl methyl sites for hydroxylation is 2. The summed E-state index contributed by atoms with van der Waals surface area (Å²) in [4.78, 5) is 9.37. The minimum atomic E-state index is 0.225. The van der Waals surface area contributed by atoms with Gasteiger partial charge in [0.25, 0.3) is 0 Å². The van der Waals surface area contributed by atoms with Crippen LogP contribution < -0.4 is 5.32 Å². The van der Waals surface area contributed by atoms with E-state index in [9.17, 15) is 0 Å². The van der Waals surface area contributed by atoms with Gasteiger partial charge in [-0.3, -0.25) is 0 Å². The Morgan fingerprint density at radius 2 is 2.15 bits per heavy atom. The summed E-state index contributed by atoms with van der Waals surface area (Å²) in [5.74, 6) is 0.795. The fourth-order valence-corrected chi connectivity index (χ4v) is 5.89. The molecule has 3 nitrogen and oxygen atoms in total. The number of aromatic nitrogens is 1. The Bertz CT molecular complexity index is 514. The molecule has 0 amide bonds. The number of fused-ring (bicyclic) bond motifs is 3. The maximum atomic E-state index is 5.12. The third-order valence-corrected chi connectivity index (χ3v) is 7.14. The Hall–Kier alpha value is -0.450. The normalized spacial score (nSPS) is 39.2. The largest absolute Gasteiger partial charge is 0.303 e. The van der Waals surface area contributed by atoms with E-state index in [0.717, 1.165) is 12.0 Å². The second kappa shape index (κ2) is 4.28. The van der Waals surface area contributed by atoms with Crippen LogP contribution in [0.25, 0.3) is 0 Å². The van der Waals surface area contributed by atoms with Gasteiger partial charge in [-0.2, -0.15) is 0 Å². The Kier molecular flexibility index (Phi) is 2.59. The first-order valence-electron chi connectivity index (χ1n) is 8.33. The standard InChI is InChI=1S/C16H23N3S/c1-2-13-14(3-1)20-15(17-13)16(18-12-4-5-12)7-9-19-8-6-11(16)10-19/h11-12,18H,1-10H2. The first-order chi connectivity index (χ1) is 9.83. The molecule has 0 aromatic carbocycles. The van der Waals surface area contributed by atoms with Crippen LogP contribution in [0.2, 0.25) is 0 Å². The zero-order chi connectivity index (χ0) is 13.2. The van der Waals surface area contributed by atoms with Crippen molar-refractivity contribution in [3.8, 4) is 0 Å². The average molecular weight is 289 g/mol. The van der Waals surface area contributed by atoms with Gasteiger partial charge in [-0.1, -0.05) is 0 Å². The quantitative estimate of drug-likeness (QED) is 0.925. The molecular weight excluding hydrogens is 266 g/mol. The molecule has 3 unspecified atom stereocenters. The smallest absolute Gasteiger partial charge is 0.114 e. The van der Waals surface area contributed by atoms with E-state index in [4.69, 9.17) is 4.98 Å². The van der Waals surface area contributed by atoms with Crippen LogP contribution in [0.5, 0.6) is 0 Å². The SMILES string of the molecule is C1Cc2nc(C3(NC4CC4)CCN4CCC3C4)sc2C1. The third-order valence-electron chi connectivity index (χ3n) is 5.81. The van der Waals surface area contributed by atoms with Gasteiger partial charge in [-0.05, 0) is 57.4 Å². The molecule has 3 atom stereocenters. The van der Waals surface area contributed by atoms with Crippen LogP contribution in [0.3, 0.4) is 0 Å². The molecule has 5 rings (SSSR count). The predicted molar refractivity (Wildman–Crippen MR) is 81.1 cm³/mol. The molecule has 2 aliphatic carbocycles. The van der Waals surface area contributed by atoms with E-state index in [1.165, 1.54) is 75.3 Å². The molecule has 20 heavy (non-hydrogen) atoms. The van der Waals surface area contributed by atoms with Gasteiger partial charge in [0, 0.05) is 24.0 Å². The van der Waals surface area contributed by atoms with E-state index in [1.807, 2.05) is 11.3 Å². The van der Waals surface area contributed by atoms with Crippen LogP contribution in [0, 0.1) is 5.92 Å². The number of hydrogen-bond donors (Lipinski definition) is 1. The van der Waals surface area contributed by atoms with Crippen LogP contribution >= 0.6 is 11.3 Å². The maximum Gasteiger partial charge on any atom is 0.114 e. The molecule has 2 aliphatic heterocycles. The summed E-state index contributed by atoms with van der Waals surface area (Å²) in [7, 11) is 0. The van der Waals surface area contributed by atoms with Crippen molar-refractivity contribution < 1.29 is 0 Å². The highest BCUT2D eigenvalue weighted by molar-refractivity contribution is 7.12. The van der Waals surface area contributed by atoms with Crippen molar-refractivity contribution in [1.82, 2.24) is 15.2 Å². The van der Waals surface area contributed by atoms with Crippen LogP contribution in [-0.4, -0.2) is 35.6 Å². The molecule has 2 bridgehead atoms. The van der Waals surface area contributed by atoms with Gasteiger partial charge >= 0.3 is 0 Å². The molecule has 0 spiro atoms. The van der Waals surface area contributed by atoms with Gasteiger partial charge in [0.05, 0.1) is 11.2 Å². The maximum absolute atomic E-state index is 5.12. The van der Waals surface area contributed by atoms with Crippen LogP contribution in [0.1, 0.15) is 47.7 Å². The first kappa shape index (κ1) is 12.1. The van der Waals surface area contributed by atoms with Crippen molar-refractivity contribution in [2.75, 3.05) is 19.6 Å². The summed E-state index contributed by atoms with van der Waals surface area (Å²) in [6.07, 6.45) is 9.23. The fourth-order valence-electron chi connectivity index (χ4n) is 4.48. The topological polar surface area (TPSA) is 28.2 Å². The Labute approximate surface area is 124 Å². The second-order valence-electron chi connectivity index (χ2n) is 7.17. The summed E-state index contributed by atoms with van der Waals surface area (Å²) in [6.45, 7) is 3.87. The zero-order valence-corrected chi connectivity index (χ0v) is 12.8. The summed E-state index contributed by atoms with van der Waals surface area (Å²) < 4.78 is 0. The lowest BCUT2D eigenvalue weighted by Gasteiger charge is -2.42. The summed E-state index contributed by atoms with van der Waals surface area (Å²) in [5.41, 5.74) is 1.66. The van der Waals surface area contributed by atoms with E-state index in [-0.39, 0.29) is 5.54 Å². The molecule has 108 valence electrons. The molecular formula is C16H23N3S. The van der Waals surface area contributed by atoms with E-state index in [0.29, 0.717) is 0 Å². The number of hydrogen-bond acceptors (Lipinski definition) is 4. The van der Waals surface area contributed by atoms with Gasteiger partial charge in [0.15, 0.2) is 0 Å². The highest BCUT2D eigenvalue weighted by Crippen LogP contribution is 2.47. The third kappa shape index (κ3) is 1.74. The molecule has 1 aromatic rings. The van der Waals surface area contributed by atoms with Crippen molar-refractivity contribution in [1.29, 1.82) is 0 Å². The van der Waals surface area contributed by atoms with Crippen LogP contribution in [0.4, 0.5) is 0 Å². The van der Waals surface area contributed by atoms with Crippen molar-refractivity contribution >= 4 is 11.3 Å². The lowest BCUT2D eigenvalue weighted by Crippen LogP contribution is -2.54. The summed E-state index contributed by atoms with van der Waals surface area (Å²) >= 11 is 2.04. The zero-order valence-electron chi connectivity index (χ0n) is 12.0. The molecule has 4 aliphatic rings. The highest BCUT2D eigenvalue weighted by Gasteiger charge is 2.51. The first-order valence-corrected chi connectivity index (χ1v) is 9.14. The second-order valence-corrected chi connectivity index (χ2v) is 8.25. The minimum Gasteiger partial charge on any atom is -0.303 e. The molecule has 0 radical (unpaired) electrons. The van der Waals surface area contributed by atoms with Gasteiger partial charge in [-0.25, -0.2) is 4.98 Å². The van der Waals surface area contributed by atoms with E-state index >= 15 is 0 Å². The average Bonchev–Trinajstić information content (AvgIpc) is 2.89. The lowest BCUT2D eigenvalue weighted by molar-refractivity contribution is 0.127. The van der Waals surface area contributed by atoms with Gasteiger partial charge < -0.3 is 10.2 Å². The Morgan fingerprint density at radius 1 is 1.20 bits per heavy atom. The Morgan fingerprint density at radius 3 is 3.00 bits per heavy atom. The molecule has 1 aromatic heterocycles. The molecule has 3 fully saturated rings. The van der Waals surface area contributed by atoms with Crippen LogP contribution in [0.15, 0.2) is 0 Å². The lowest BCUT2D eigenvalue weighted by atomic mass is 9.79. The van der Waals surface area contributed by atoms with Crippen molar-refractivity contribution in [2.45, 2.75) is 56.5 Å². The van der Waals surface area contributed by atoms with Crippen molar-refractivity contribution in [2.24, 2.45) is 5.92 Å². The van der Waals surface area contributed by atoms with Gasteiger partial charge in [0.2, 0.25) is 0 Å². The number of nitrogens with one attached hydrogen (secondary N) is 1. The van der Waals surface area contributed by atoms with Crippen molar-refractivity contribution in [3.05, 3.63) is 15.6 Å². The van der Waals surface area contributed by atoms with Crippen molar-refractivity contribution in [3.63, 3.8) is 0 Å². The van der Waals surface area contributed by atoms with E-state index in [2.05, 4.69) is 10.2 Å². The number of nitrogens with zero attached hydrogens (tertiary/aromatic N) is 2. The van der Waals surface area contributed by atoms with E-state index < -0.39 is 0 Å². The number of rotatable bonds is 3. The highest BCUT2D eigenvalue weighted by atomic mass is 32.1. The molecule has 1 saturated carbocycles. The summed E-state index contributed by atoms with van der Waals surface area (Å²) in [5, 5.41) is 5.51. The number of thiazole rings is 1. The Balaban J connectivity index is 1.55. The van der Waals surface area contributed by atoms with Gasteiger partial charge in [-0.15, -0.1) is 11.3 Å².